The Morgan fingerprint density at radius 3 is 2.64 bits per heavy atom. The van der Waals surface area contributed by atoms with E-state index in [0.717, 1.165) is 15.4 Å². The molecule has 0 aromatic heterocycles. The molecule has 0 aliphatic carbocycles. The first kappa shape index (κ1) is 17.9. The van der Waals surface area contributed by atoms with Crippen molar-refractivity contribution in [3.8, 4) is 5.75 Å². The molecule has 3 rings (SSSR count). The number of halogens is 1. The van der Waals surface area contributed by atoms with Crippen LogP contribution in [0.2, 0.25) is 0 Å². The molecule has 2 aromatic rings. The SMILES string of the molecule is CC(C)(C)c1cc(I)cc(CN2C(=O)COc3ccc(C=O)cc32)c1. The van der Waals surface area contributed by atoms with E-state index in [4.69, 9.17) is 4.74 Å². The topological polar surface area (TPSA) is 46.6 Å². The summed E-state index contributed by atoms with van der Waals surface area (Å²) in [4.78, 5) is 25.2. The standard InChI is InChI=1S/C20H20INO3/c1-20(2,3)15-6-14(7-16(21)9-15)10-22-17-8-13(11-23)4-5-18(17)25-12-19(22)24/h4-9,11H,10,12H2,1-3H3. The number of hydrogen-bond acceptors (Lipinski definition) is 3. The van der Waals surface area contributed by atoms with E-state index >= 15 is 0 Å². The molecule has 0 saturated heterocycles. The third kappa shape index (κ3) is 3.86. The number of benzene rings is 2. The molecule has 1 heterocycles. The zero-order valence-corrected chi connectivity index (χ0v) is 16.7. The van der Waals surface area contributed by atoms with Crippen molar-refractivity contribution < 1.29 is 14.3 Å². The molecule has 0 radical (unpaired) electrons. The van der Waals surface area contributed by atoms with Crippen LogP contribution in [0, 0.1) is 3.57 Å². The number of fused-ring (bicyclic) bond motifs is 1. The lowest BCUT2D eigenvalue weighted by atomic mass is 9.86. The second-order valence-corrected chi connectivity index (χ2v) is 8.46. The van der Waals surface area contributed by atoms with Crippen LogP contribution in [0.1, 0.15) is 42.3 Å². The Morgan fingerprint density at radius 1 is 1.20 bits per heavy atom. The summed E-state index contributed by atoms with van der Waals surface area (Å²) in [6.45, 7) is 7.00. The molecule has 0 bridgehead atoms. The van der Waals surface area contributed by atoms with Gasteiger partial charge in [0.25, 0.3) is 5.91 Å². The Hall–Kier alpha value is -1.89. The van der Waals surface area contributed by atoms with E-state index in [2.05, 4.69) is 61.6 Å². The second-order valence-electron chi connectivity index (χ2n) is 7.21. The molecule has 0 unspecified atom stereocenters. The van der Waals surface area contributed by atoms with Gasteiger partial charge >= 0.3 is 0 Å². The van der Waals surface area contributed by atoms with Gasteiger partial charge in [0, 0.05) is 9.13 Å². The molecule has 1 amide bonds. The van der Waals surface area contributed by atoms with Crippen molar-refractivity contribution in [3.63, 3.8) is 0 Å². The van der Waals surface area contributed by atoms with Gasteiger partial charge in [0.05, 0.1) is 12.2 Å². The van der Waals surface area contributed by atoms with Crippen molar-refractivity contribution in [1.82, 2.24) is 0 Å². The molecule has 0 atom stereocenters. The normalized spacial score (nSPS) is 14.1. The Bertz CT molecular complexity index is 839. The minimum Gasteiger partial charge on any atom is -0.482 e. The first-order valence-electron chi connectivity index (χ1n) is 8.10. The monoisotopic (exact) mass is 449 g/mol. The summed E-state index contributed by atoms with van der Waals surface area (Å²) in [5, 5.41) is 0. The van der Waals surface area contributed by atoms with Crippen molar-refractivity contribution in [2.45, 2.75) is 32.7 Å². The summed E-state index contributed by atoms with van der Waals surface area (Å²) in [5.74, 6) is 0.526. The zero-order chi connectivity index (χ0) is 18.2. The molecule has 0 fully saturated rings. The number of carbonyl (C=O) groups excluding carboxylic acids is 2. The van der Waals surface area contributed by atoms with Crippen LogP contribution in [0.3, 0.4) is 0 Å². The summed E-state index contributed by atoms with van der Waals surface area (Å²) in [6, 6.07) is 11.5. The van der Waals surface area contributed by atoms with Gasteiger partial charge in [0.2, 0.25) is 0 Å². The third-order valence-electron chi connectivity index (χ3n) is 4.23. The number of hydrogen-bond donors (Lipinski definition) is 0. The maximum Gasteiger partial charge on any atom is 0.265 e. The molecule has 0 saturated carbocycles. The lowest BCUT2D eigenvalue weighted by molar-refractivity contribution is -0.121. The van der Waals surface area contributed by atoms with Gasteiger partial charge in [-0.05, 0) is 69.5 Å². The van der Waals surface area contributed by atoms with E-state index < -0.39 is 0 Å². The molecule has 130 valence electrons. The zero-order valence-electron chi connectivity index (χ0n) is 14.5. The number of anilines is 1. The molecular weight excluding hydrogens is 429 g/mol. The van der Waals surface area contributed by atoms with Gasteiger partial charge in [0.15, 0.2) is 6.61 Å². The number of aldehydes is 1. The Balaban J connectivity index is 2.00. The Morgan fingerprint density at radius 2 is 1.96 bits per heavy atom. The van der Waals surface area contributed by atoms with Crippen molar-refractivity contribution in [3.05, 3.63) is 56.7 Å². The van der Waals surface area contributed by atoms with Crippen LogP contribution in [0.5, 0.6) is 5.75 Å². The molecule has 25 heavy (non-hydrogen) atoms. The molecule has 1 aliphatic rings. The predicted octanol–water partition coefficient (Wildman–Crippen LogP) is 4.33. The van der Waals surface area contributed by atoms with Gasteiger partial charge in [-0.2, -0.15) is 0 Å². The molecule has 5 heteroatoms. The number of carbonyl (C=O) groups is 2. The van der Waals surface area contributed by atoms with Crippen LogP contribution >= 0.6 is 22.6 Å². The molecule has 2 aromatic carbocycles. The fourth-order valence-electron chi connectivity index (χ4n) is 2.82. The maximum absolute atomic E-state index is 12.4. The predicted molar refractivity (Wildman–Crippen MR) is 106 cm³/mol. The highest BCUT2D eigenvalue weighted by molar-refractivity contribution is 14.1. The lowest BCUT2D eigenvalue weighted by Gasteiger charge is -2.30. The van der Waals surface area contributed by atoms with Gasteiger partial charge < -0.3 is 9.64 Å². The van der Waals surface area contributed by atoms with E-state index in [0.29, 0.717) is 23.5 Å². The highest BCUT2D eigenvalue weighted by atomic mass is 127. The van der Waals surface area contributed by atoms with Crippen LogP contribution in [0.15, 0.2) is 36.4 Å². The number of ether oxygens (including phenoxy) is 1. The molecular formula is C20H20INO3. The van der Waals surface area contributed by atoms with Gasteiger partial charge in [-0.1, -0.05) is 26.8 Å². The minimum atomic E-state index is -0.105. The van der Waals surface area contributed by atoms with Crippen LogP contribution in [0.25, 0.3) is 0 Å². The van der Waals surface area contributed by atoms with Gasteiger partial charge in [0.1, 0.15) is 12.0 Å². The van der Waals surface area contributed by atoms with E-state index in [9.17, 15) is 9.59 Å². The van der Waals surface area contributed by atoms with E-state index in [1.807, 2.05) is 0 Å². The van der Waals surface area contributed by atoms with E-state index in [-0.39, 0.29) is 17.9 Å². The smallest absolute Gasteiger partial charge is 0.265 e. The van der Waals surface area contributed by atoms with Crippen LogP contribution in [0.4, 0.5) is 5.69 Å². The van der Waals surface area contributed by atoms with Crippen LogP contribution in [-0.4, -0.2) is 18.8 Å². The van der Waals surface area contributed by atoms with Gasteiger partial charge in [-0.25, -0.2) is 0 Å². The molecule has 0 spiro atoms. The van der Waals surface area contributed by atoms with E-state index in [1.165, 1.54) is 5.56 Å². The molecule has 0 N–H and O–H groups in total. The van der Waals surface area contributed by atoms with Gasteiger partial charge in [-0.15, -0.1) is 0 Å². The highest BCUT2D eigenvalue weighted by Gasteiger charge is 2.26. The van der Waals surface area contributed by atoms with Crippen molar-refractivity contribution >= 4 is 40.5 Å². The summed E-state index contributed by atoms with van der Waals surface area (Å²) < 4.78 is 6.64. The number of rotatable bonds is 3. The Kier molecular flexibility index (Phi) is 4.86. The van der Waals surface area contributed by atoms with Crippen molar-refractivity contribution in [1.29, 1.82) is 0 Å². The minimum absolute atomic E-state index is 0.0174. The number of amides is 1. The summed E-state index contributed by atoms with van der Waals surface area (Å²) >= 11 is 2.31. The Labute approximate surface area is 161 Å². The fraction of sp³-hybridized carbons (Fsp3) is 0.300. The summed E-state index contributed by atoms with van der Waals surface area (Å²) in [5.41, 5.74) is 3.51. The van der Waals surface area contributed by atoms with Gasteiger partial charge in [-0.3, -0.25) is 9.59 Å². The first-order chi connectivity index (χ1) is 11.8. The highest BCUT2D eigenvalue weighted by Crippen LogP contribution is 2.34. The fourth-order valence-corrected chi connectivity index (χ4v) is 3.56. The van der Waals surface area contributed by atoms with Crippen LogP contribution < -0.4 is 9.64 Å². The lowest BCUT2D eigenvalue weighted by Crippen LogP contribution is -2.38. The summed E-state index contributed by atoms with van der Waals surface area (Å²) in [7, 11) is 0. The average Bonchev–Trinajstić information content (AvgIpc) is 2.55. The largest absolute Gasteiger partial charge is 0.482 e. The molecule has 4 nitrogen and oxygen atoms in total. The molecule has 1 aliphatic heterocycles. The first-order valence-corrected chi connectivity index (χ1v) is 9.18. The van der Waals surface area contributed by atoms with Crippen molar-refractivity contribution in [2.75, 3.05) is 11.5 Å². The van der Waals surface area contributed by atoms with E-state index in [1.54, 1.807) is 23.1 Å². The van der Waals surface area contributed by atoms with Crippen LogP contribution in [-0.2, 0) is 16.8 Å². The number of nitrogens with zero attached hydrogens (tertiary/aromatic N) is 1. The maximum atomic E-state index is 12.4. The second kappa shape index (κ2) is 6.78. The van der Waals surface area contributed by atoms with Crippen molar-refractivity contribution in [2.24, 2.45) is 0 Å². The summed E-state index contributed by atoms with van der Waals surface area (Å²) in [6.07, 6.45) is 0.778. The third-order valence-corrected chi connectivity index (χ3v) is 4.85. The average molecular weight is 449 g/mol. The quantitative estimate of drug-likeness (QED) is 0.518.